The lowest BCUT2D eigenvalue weighted by Gasteiger charge is -2.09. The van der Waals surface area contributed by atoms with Crippen molar-refractivity contribution in [2.45, 2.75) is 0 Å². The number of methoxy groups -OCH3 is 1. The minimum Gasteiger partial charge on any atom is -0.497 e. The second-order valence-corrected chi connectivity index (χ2v) is 4.44. The third-order valence-electron chi connectivity index (χ3n) is 2.83. The summed E-state index contributed by atoms with van der Waals surface area (Å²) >= 11 is 0. The van der Waals surface area contributed by atoms with Gasteiger partial charge in [0.15, 0.2) is 6.61 Å². The number of anilines is 1. The molecule has 0 aliphatic carbocycles. The van der Waals surface area contributed by atoms with Gasteiger partial charge in [0.05, 0.1) is 12.0 Å². The predicted octanol–water partition coefficient (Wildman–Crippen LogP) is 2.76. The van der Waals surface area contributed by atoms with Crippen LogP contribution in [0.1, 0.15) is 0 Å². The van der Waals surface area contributed by atoms with Crippen LogP contribution in [-0.4, -0.2) is 24.5 Å². The molecular formula is C15H13FN2O5. The monoisotopic (exact) mass is 320 g/mol. The Morgan fingerprint density at radius 1 is 1.30 bits per heavy atom. The number of amides is 1. The van der Waals surface area contributed by atoms with Gasteiger partial charge in [-0.3, -0.25) is 14.9 Å². The SMILES string of the molecule is COc1cccc(NC(=O)COc2cc(F)ccc2[N+](=O)[O-])c1. The van der Waals surface area contributed by atoms with E-state index in [0.717, 1.165) is 18.2 Å². The number of nitro groups is 1. The number of carbonyl (C=O) groups excluding carboxylic acids is 1. The molecule has 0 saturated carbocycles. The lowest BCUT2D eigenvalue weighted by Crippen LogP contribution is -2.20. The van der Waals surface area contributed by atoms with Crippen molar-refractivity contribution in [3.8, 4) is 11.5 Å². The van der Waals surface area contributed by atoms with Crippen LogP contribution >= 0.6 is 0 Å². The van der Waals surface area contributed by atoms with E-state index in [1.54, 1.807) is 24.3 Å². The number of nitrogens with one attached hydrogen (secondary N) is 1. The largest absolute Gasteiger partial charge is 0.497 e. The molecule has 0 heterocycles. The van der Waals surface area contributed by atoms with Gasteiger partial charge in [-0.25, -0.2) is 4.39 Å². The molecule has 0 saturated heterocycles. The van der Waals surface area contributed by atoms with Crippen molar-refractivity contribution in [1.29, 1.82) is 0 Å². The Kier molecular flexibility index (Phi) is 5.08. The van der Waals surface area contributed by atoms with Crippen LogP contribution in [0, 0.1) is 15.9 Å². The fourth-order valence-electron chi connectivity index (χ4n) is 1.80. The molecule has 2 aromatic rings. The molecule has 0 unspecified atom stereocenters. The Bertz CT molecular complexity index is 736. The first-order valence-corrected chi connectivity index (χ1v) is 6.50. The highest BCUT2D eigenvalue weighted by Gasteiger charge is 2.17. The fraction of sp³-hybridized carbons (Fsp3) is 0.133. The standard InChI is InChI=1S/C15H13FN2O5/c1-22-12-4-2-3-11(8-12)17-15(19)9-23-14-7-10(16)5-6-13(14)18(20)21/h2-8H,9H2,1H3,(H,17,19). The molecule has 0 bridgehead atoms. The van der Waals surface area contributed by atoms with E-state index < -0.39 is 28.9 Å². The van der Waals surface area contributed by atoms with E-state index in [1.807, 2.05) is 0 Å². The molecule has 0 fully saturated rings. The van der Waals surface area contributed by atoms with Crippen molar-refractivity contribution in [2.75, 3.05) is 19.0 Å². The van der Waals surface area contributed by atoms with Crippen LogP contribution in [0.15, 0.2) is 42.5 Å². The van der Waals surface area contributed by atoms with Gasteiger partial charge in [0, 0.05) is 23.9 Å². The fourth-order valence-corrected chi connectivity index (χ4v) is 1.80. The average Bonchev–Trinajstić information content (AvgIpc) is 2.53. The molecule has 0 spiro atoms. The number of nitrogens with zero attached hydrogens (tertiary/aromatic N) is 1. The third-order valence-corrected chi connectivity index (χ3v) is 2.83. The molecule has 2 aromatic carbocycles. The van der Waals surface area contributed by atoms with Gasteiger partial charge in [-0.15, -0.1) is 0 Å². The maximum Gasteiger partial charge on any atom is 0.311 e. The van der Waals surface area contributed by atoms with Gasteiger partial charge in [-0.2, -0.15) is 0 Å². The molecular weight excluding hydrogens is 307 g/mol. The zero-order chi connectivity index (χ0) is 16.8. The number of halogens is 1. The van der Waals surface area contributed by atoms with Crippen LogP contribution in [-0.2, 0) is 4.79 Å². The zero-order valence-corrected chi connectivity index (χ0v) is 12.1. The molecule has 0 aromatic heterocycles. The molecule has 7 nitrogen and oxygen atoms in total. The Morgan fingerprint density at radius 3 is 2.78 bits per heavy atom. The minimum absolute atomic E-state index is 0.309. The lowest BCUT2D eigenvalue weighted by atomic mass is 10.3. The van der Waals surface area contributed by atoms with E-state index in [1.165, 1.54) is 7.11 Å². The summed E-state index contributed by atoms with van der Waals surface area (Å²) in [5.41, 5.74) is 0.0623. The number of ether oxygens (including phenoxy) is 2. The summed E-state index contributed by atoms with van der Waals surface area (Å²) in [5.74, 6) is -0.990. The maximum absolute atomic E-state index is 13.1. The van der Waals surface area contributed by atoms with Crippen LogP contribution in [0.5, 0.6) is 11.5 Å². The number of benzene rings is 2. The number of hydrogen-bond acceptors (Lipinski definition) is 5. The van der Waals surface area contributed by atoms with Crippen LogP contribution < -0.4 is 14.8 Å². The van der Waals surface area contributed by atoms with Crippen LogP contribution in [0.25, 0.3) is 0 Å². The molecule has 120 valence electrons. The highest BCUT2D eigenvalue weighted by molar-refractivity contribution is 5.92. The second kappa shape index (κ2) is 7.21. The van der Waals surface area contributed by atoms with Gasteiger partial charge < -0.3 is 14.8 Å². The lowest BCUT2D eigenvalue weighted by molar-refractivity contribution is -0.385. The molecule has 1 amide bonds. The van der Waals surface area contributed by atoms with Gasteiger partial charge in [0.1, 0.15) is 11.6 Å². The van der Waals surface area contributed by atoms with Gasteiger partial charge in [0.25, 0.3) is 5.91 Å². The minimum atomic E-state index is -0.714. The molecule has 0 aliphatic heterocycles. The number of carbonyl (C=O) groups is 1. The molecule has 2 rings (SSSR count). The Labute approximate surface area is 130 Å². The van der Waals surface area contributed by atoms with Crippen molar-refractivity contribution in [2.24, 2.45) is 0 Å². The highest BCUT2D eigenvalue weighted by atomic mass is 19.1. The summed E-state index contributed by atoms with van der Waals surface area (Å²) in [4.78, 5) is 21.9. The van der Waals surface area contributed by atoms with Crippen LogP contribution in [0.4, 0.5) is 15.8 Å². The van der Waals surface area contributed by atoms with Crippen LogP contribution in [0.2, 0.25) is 0 Å². The Balaban J connectivity index is 2.02. The summed E-state index contributed by atoms with van der Waals surface area (Å²) in [5, 5.41) is 13.4. The summed E-state index contributed by atoms with van der Waals surface area (Å²) < 4.78 is 23.2. The number of hydrogen-bond donors (Lipinski definition) is 1. The van der Waals surface area contributed by atoms with Gasteiger partial charge in [-0.05, 0) is 18.2 Å². The molecule has 0 aliphatic rings. The predicted molar refractivity (Wildman–Crippen MR) is 80.2 cm³/mol. The Morgan fingerprint density at radius 2 is 2.09 bits per heavy atom. The summed E-state index contributed by atoms with van der Waals surface area (Å²) in [7, 11) is 1.49. The van der Waals surface area contributed by atoms with E-state index in [9.17, 15) is 19.3 Å². The van der Waals surface area contributed by atoms with Crippen molar-refractivity contribution >= 4 is 17.3 Å². The van der Waals surface area contributed by atoms with Crippen molar-refractivity contribution < 1.29 is 23.6 Å². The van der Waals surface area contributed by atoms with Crippen LogP contribution in [0.3, 0.4) is 0 Å². The first kappa shape index (κ1) is 16.2. The van der Waals surface area contributed by atoms with Gasteiger partial charge >= 0.3 is 5.69 Å². The summed E-state index contributed by atoms with van der Waals surface area (Å²) in [6.07, 6.45) is 0. The maximum atomic E-state index is 13.1. The third kappa shape index (κ3) is 4.40. The van der Waals surface area contributed by atoms with E-state index in [0.29, 0.717) is 11.4 Å². The van der Waals surface area contributed by atoms with Crippen molar-refractivity contribution in [3.63, 3.8) is 0 Å². The van der Waals surface area contributed by atoms with E-state index in [2.05, 4.69) is 5.32 Å². The number of rotatable bonds is 6. The highest BCUT2D eigenvalue weighted by Crippen LogP contribution is 2.27. The summed E-state index contributed by atoms with van der Waals surface area (Å²) in [6, 6.07) is 9.42. The second-order valence-electron chi connectivity index (χ2n) is 4.44. The average molecular weight is 320 g/mol. The first-order chi connectivity index (χ1) is 11.0. The molecule has 23 heavy (non-hydrogen) atoms. The number of nitro benzene ring substituents is 1. The van der Waals surface area contributed by atoms with E-state index in [-0.39, 0.29) is 5.75 Å². The molecule has 8 heteroatoms. The Hall–Kier alpha value is -3.16. The van der Waals surface area contributed by atoms with E-state index >= 15 is 0 Å². The molecule has 0 radical (unpaired) electrons. The molecule has 0 atom stereocenters. The van der Waals surface area contributed by atoms with Crippen molar-refractivity contribution in [1.82, 2.24) is 0 Å². The topological polar surface area (TPSA) is 90.7 Å². The van der Waals surface area contributed by atoms with Gasteiger partial charge in [0.2, 0.25) is 5.75 Å². The first-order valence-electron chi connectivity index (χ1n) is 6.50. The normalized spacial score (nSPS) is 10.0. The van der Waals surface area contributed by atoms with E-state index in [4.69, 9.17) is 9.47 Å². The molecule has 1 N–H and O–H groups in total. The zero-order valence-electron chi connectivity index (χ0n) is 12.1. The summed E-state index contributed by atoms with van der Waals surface area (Å²) in [6.45, 7) is -0.499. The van der Waals surface area contributed by atoms with Gasteiger partial charge in [-0.1, -0.05) is 6.07 Å². The van der Waals surface area contributed by atoms with Crippen molar-refractivity contribution in [3.05, 3.63) is 58.4 Å². The quantitative estimate of drug-likeness (QED) is 0.653. The smallest absolute Gasteiger partial charge is 0.311 e.